The minimum atomic E-state index is -0.317. The summed E-state index contributed by atoms with van der Waals surface area (Å²) in [5.74, 6) is 0.687. The van der Waals surface area contributed by atoms with Crippen LogP contribution in [-0.2, 0) is 6.61 Å². The molecule has 3 nitrogen and oxygen atoms in total. The van der Waals surface area contributed by atoms with Gasteiger partial charge < -0.3 is 9.47 Å². The van der Waals surface area contributed by atoms with Crippen LogP contribution >= 0.6 is 23.2 Å². The SMILES string of the molecule is Cc1c(OCc2cccc(F)c2)ccc2c1O/C(=C\c1ccc(Cl)c(Cl)c1)C2=O. The van der Waals surface area contributed by atoms with Gasteiger partial charge in [0.2, 0.25) is 5.78 Å². The summed E-state index contributed by atoms with van der Waals surface area (Å²) in [5.41, 5.74) is 2.58. The van der Waals surface area contributed by atoms with Gasteiger partial charge in [-0.1, -0.05) is 41.4 Å². The van der Waals surface area contributed by atoms with E-state index in [1.54, 1.807) is 48.5 Å². The number of halogens is 3. The Labute approximate surface area is 177 Å². The highest BCUT2D eigenvalue weighted by atomic mass is 35.5. The lowest BCUT2D eigenvalue weighted by atomic mass is 10.1. The van der Waals surface area contributed by atoms with Crippen LogP contribution in [0.25, 0.3) is 6.08 Å². The van der Waals surface area contributed by atoms with Crippen molar-refractivity contribution >= 4 is 35.1 Å². The number of hydrogen-bond donors (Lipinski definition) is 0. The Morgan fingerprint density at radius 2 is 1.90 bits per heavy atom. The van der Waals surface area contributed by atoms with Crippen molar-refractivity contribution in [2.45, 2.75) is 13.5 Å². The number of carbonyl (C=O) groups is 1. The Morgan fingerprint density at radius 3 is 2.66 bits per heavy atom. The van der Waals surface area contributed by atoms with Crippen molar-refractivity contribution in [1.29, 1.82) is 0 Å². The molecule has 1 aliphatic heterocycles. The third kappa shape index (κ3) is 4.00. The maximum absolute atomic E-state index is 13.3. The number of hydrogen-bond acceptors (Lipinski definition) is 3. The number of allylic oxidation sites excluding steroid dienone is 1. The minimum Gasteiger partial charge on any atom is -0.488 e. The molecule has 0 saturated carbocycles. The summed E-state index contributed by atoms with van der Waals surface area (Å²) in [7, 11) is 0. The second-order valence-corrected chi connectivity index (χ2v) is 7.41. The normalized spacial score (nSPS) is 14.1. The van der Waals surface area contributed by atoms with E-state index in [-0.39, 0.29) is 24.0 Å². The van der Waals surface area contributed by atoms with Gasteiger partial charge in [0.1, 0.15) is 23.9 Å². The average molecular weight is 429 g/mol. The van der Waals surface area contributed by atoms with Gasteiger partial charge in [0, 0.05) is 5.56 Å². The van der Waals surface area contributed by atoms with Crippen LogP contribution in [0.1, 0.15) is 27.0 Å². The van der Waals surface area contributed by atoms with Crippen LogP contribution in [-0.4, -0.2) is 5.78 Å². The van der Waals surface area contributed by atoms with Crippen LogP contribution in [0.15, 0.2) is 60.4 Å². The lowest BCUT2D eigenvalue weighted by Crippen LogP contribution is -1.98. The van der Waals surface area contributed by atoms with Crippen molar-refractivity contribution in [2.75, 3.05) is 0 Å². The van der Waals surface area contributed by atoms with Gasteiger partial charge in [-0.3, -0.25) is 4.79 Å². The Morgan fingerprint density at radius 1 is 1.07 bits per heavy atom. The Balaban J connectivity index is 1.58. The quantitative estimate of drug-likeness (QED) is 0.437. The van der Waals surface area contributed by atoms with Crippen molar-refractivity contribution in [2.24, 2.45) is 0 Å². The number of ketones is 1. The zero-order valence-electron chi connectivity index (χ0n) is 15.3. The van der Waals surface area contributed by atoms with E-state index in [0.717, 1.165) is 0 Å². The highest BCUT2D eigenvalue weighted by molar-refractivity contribution is 6.42. The van der Waals surface area contributed by atoms with Gasteiger partial charge in [-0.2, -0.15) is 0 Å². The third-order valence-corrected chi connectivity index (χ3v) is 5.30. The van der Waals surface area contributed by atoms with Crippen molar-refractivity contribution in [3.05, 3.63) is 98.5 Å². The first kappa shape index (κ1) is 19.5. The molecule has 0 unspecified atom stereocenters. The van der Waals surface area contributed by atoms with Gasteiger partial charge in [-0.15, -0.1) is 0 Å². The van der Waals surface area contributed by atoms with Gasteiger partial charge in [-0.25, -0.2) is 4.39 Å². The van der Waals surface area contributed by atoms with E-state index >= 15 is 0 Å². The number of benzene rings is 3. The molecule has 1 aliphatic rings. The fraction of sp³-hybridized carbons (Fsp3) is 0.0870. The number of carbonyl (C=O) groups excluding carboxylic acids is 1. The first-order valence-corrected chi connectivity index (χ1v) is 9.58. The van der Waals surface area contributed by atoms with Crippen LogP contribution in [0.4, 0.5) is 4.39 Å². The Bertz CT molecular complexity index is 1150. The molecule has 3 aromatic rings. The molecule has 1 heterocycles. The number of rotatable bonds is 4. The molecule has 0 bridgehead atoms. The van der Waals surface area contributed by atoms with Crippen LogP contribution in [0.5, 0.6) is 11.5 Å². The highest BCUT2D eigenvalue weighted by Crippen LogP contribution is 2.39. The number of ether oxygens (including phenoxy) is 2. The summed E-state index contributed by atoms with van der Waals surface area (Å²) in [5, 5.41) is 0.833. The van der Waals surface area contributed by atoms with E-state index in [4.69, 9.17) is 32.7 Å². The van der Waals surface area contributed by atoms with E-state index in [2.05, 4.69) is 0 Å². The number of Topliss-reactive ketones (excluding diaryl/α,β-unsaturated/α-hetero) is 1. The molecular formula is C23H15Cl2FO3. The predicted molar refractivity (Wildman–Crippen MR) is 111 cm³/mol. The molecule has 0 amide bonds. The van der Waals surface area contributed by atoms with Gasteiger partial charge in [0.25, 0.3) is 0 Å². The summed E-state index contributed by atoms with van der Waals surface area (Å²) in [4.78, 5) is 12.7. The molecule has 0 spiro atoms. The van der Waals surface area contributed by atoms with E-state index in [1.807, 2.05) is 6.92 Å². The zero-order valence-corrected chi connectivity index (χ0v) is 16.9. The minimum absolute atomic E-state index is 0.198. The Hall–Kier alpha value is -2.82. The molecule has 3 aromatic carbocycles. The fourth-order valence-corrected chi connectivity index (χ4v) is 3.37. The van der Waals surface area contributed by atoms with Gasteiger partial charge >= 0.3 is 0 Å². The predicted octanol–water partition coefficient (Wildman–Crippen LogP) is 6.64. The van der Waals surface area contributed by atoms with Crippen molar-refractivity contribution in [3.63, 3.8) is 0 Å². The standard InChI is InChI=1S/C23H15Cl2FO3/c1-13-20(28-12-15-3-2-4-16(26)9-15)8-6-17-22(27)21(29-23(13)17)11-14-5-7-18(24)19(25)10-14/h2-11H,12H2,1H3/b21-11-. The molecule has 4 rings (SSSR count). The van der Waals surface area contributed by atoms with Gasteiger partial charge in [0.05, 0.1) is 15.6 Å². The van der Waals surface area contributed by atoms with Crippen LogP contribution in [0, 0.1) is 12.7 Å². The Kier molecular flexibility index (Phi) is 5.31. The third-order valence-electron chi connectivity index (χ3n) is 4.56. The second kappa shape index (κ2) is 7.90. The smallest absolute Gasteiger partial charge is 0.231 e. The van der Waals surface area contributed by atoms with Gasteiger partial charge in [0.15, 0.2) is 5.76 Å². The average Bonchev–Trinajstić information content (AvgIpc) is 3.01. The molecule has 0 radical (unpaired) electrons. The largest absolute Gasteiger partial charge is 0.488 e. The first-order valence-electron chi connectivity index (χ1n) is 8.82. The summed E-state index contributed by atoms with van der Waals surface area (Å²) in [6.07, 6.45) is 1.62. The van der Waals surface area contributed by atoms with Crippen molar-refractivity contribution < 1.29 is 18.7 Å². The fourth-order valence-electron chi connectivity index (χ4n) is 3.07. The monoisotopic (exact) mass is 428 g/mol. The lowest BCUT2D eigenvalue weighted by molar-refractivity contribution is 0.101. The van der Waals surface area contributed by atoms with Crippen LogP contribution in [0.3, 0.4) is 0 Å². The van der Waals surface area contributed by atoms with E-state index in [9.17, 15) is 9.18 Å². The molecule has 0 aromatic heterocycles. The zero-order chi connectivity index (χ0) is 20.5. The number of fused-ring (bicyclic) bond motifs is 1. The molecule has 146 valence electrons. The lowest BCUT2D eigenvalue weighted by Gasteiger charge is -2.11. The molecule has 0 atom stereocenters. The van der Waals surface area contributed by atoms with Crippen molar-refractivity contribution in [1.82, 2.24) is 0 Å². The highest BCUT2D eigenvalue weighted by Gasteiger charge is 2.30. The molecule has 0 saturated heterocycles. The maximum Gasteiger partial charge on any atom is 0.231 e. The second-order valence-electron chi connectivity index (χ2n) is 6.60. The summed E-state index contributed by atoms with van der Waals surface area (Å²) in [6.45, 7) is 2.02. The molecular weight excluding hydrogens is 414 g/mol. The topological polar surface area (TPSA) is 35.5 Å². The van der Waals surface area contributed by atoms with E-state index in [0.29, 0.717) is 43.8 Å². The molecule has 0 fully saturated rings. The van der Waals surface area contributed by atoms with Crippen LogP contribution < -0.4 is 9.47 Å². The van der Waals surface area contributed by atoms with Crippen LogP contribution in [0.2, 0.25) is 10.0 Å². The molecule has 6 heteroatoms. The summed E-state index contributed by atoms with van der Waals surface area (Å²) in [6, 6.07) is 14.7. The van der Waals surface area contributed by atoms with E-state index < -0.39 is 0 Å². The summed E-state index contributed by atoms with van der Waals surface area (Å²) >= 11 is 12.0. The summed E-state index contributed by atoms with van der Waals surface area (Å²) < 4.78 is 25.0. The molecule has 0 aliphatic carbocycles. The molecule has 29 heavy (non-hydrogen) atoms. The first-order chi connectivity index (χ1) is 13.9. The van der Waals surface area contributed by atoms with Gasteiger partial charge in [-0.05, 0) is 60.5 Å². The maximum atomic E-state index is 13.3. The molecule has 0 N–H and O–H groups in total. The van der Waals surface area contributed by atoms with E-state index in [1.165, 1.54) is 12.1 Å². The van der Waals surface area contributed by atoms with Crippen molar-refractivity contribution in [3.8, 4) is 11.5 Å².